The Kier molecular flexibility index (Phi) is 4.31. The van der Waals surface area contributed by atoms with Gasteiger partial charge < -0.3 is 10.5 Å². The topological polar surface area (TPSA) is 52.3 Å². The van der Waals surface area contributed by atoms with Gasteiger partial charge in [0.25, 0.3) is 0 Å². The van der Waals surface area contributed by atoms with Gasteiger partial charge >= 0.3 is 5.97 Å². The molecule has 1 rings (SSSR count). The van der Waals surface area contributed by atoms with E-state index in [1.54, 1.807) is 6.08 Å². The van der Waals surface area contributed by atoms with E-state index in [1.165, 1.54) is 18.4 Å². The normalized spacial score (nSPS) is 11.5. The third-order valence-electron chi connectivity index (χ3n) is 1.58. The maximum absolute atomic E-state index is 11.2. The molecule has 0 radical (unpaired) electrons. The van der Waals surface area contributed by atoms with E-state index in [2.05, 4.69) is 20.7 Å². The minimum Gasteiger partial charge on any atom is -0.466 e. The first-order valence-electron chi connectivity index (χ1n) is 3.91. The lowest BCUT2D eigenvalue weighted by Crippen LogP contribution is -2.13. The Bertz CT molecular complexity index is 359. The van der Waals surface area contributed by atoms with Crippen LogP contribution >= 0.6 is 27.3 Å². The predicted octanol–water partition coefficient (Wildman–Crippen LogP) is 2.03. The summed E-state index contributed by atoms with van der Waals surface area (Å²) in [5, 5.41) is 0. The van der Waals surface area contributed by atoms with Crippen LogP contribution in [-0.4, -0.2) is 19.6 Å². The van der Waals surface area contributed by atoms with Crippen molar-refractivity contribution in [2.24, 2.45) is 5.73 Å². The molecule has 0 bridgehead atoms. The Hall–Kier alpha value is -0.650. The molecule has 76 valence electrons. The fraction of sp³-hybridized carbons (Fsp3) is 0.222. The zero-order valence-electron chi connectivity index (χ0n) is 7.62. The van der Waals surface area contributed by atoms with Crippen molar-refractivity contribution < 1.29 is 9.53 Å². The smallest absolute Gasteiger partial charge is 0.335 e. The van der Waals surface area contributed by atoms with Crippen LogP contribution in [-0.2, 0) is 9.53 Å². The number of esters is 1. The first-order chi connectivity index (χ1) is 6.67. The number of halogens is 1. The highest BCUT2D eigenvalue weighted by Crippen LogP contribution is 2.24. The molecule has 0 spiro atoms. The average Bonchev–Trinajstić information content (AvgIpc) is 2.59. The van der Waals surface area contributed by atoms with Gasteiger partial charge in [0, 0.05) is 11.4 Å². The van der Waals surface area contributed by atoms with Crippen LogP contribution in [0.15, 0.2) is 21.5 Å². The largest absolute Gasteiger partial charge is 0.466 e. The molecule has 0 amide bonds. The molecule has 0 unspecified atom stereocenters. The highest BCUT2D eigenvalue weighted by Gasteiger charge is 2.07. The van der Waals surface area contributed by atoms with Crippen molar-refractivity contribution in [2.45, 2.75) is 0 Å². The number of thiophene rings is 1. The summed E-state index contributed by atoms with van der Waals surface area (Å²) in [5.41, 5.74) is 5.90. The van der Waals surface area contributed by atoms with Crippen LogP contribution in [0.2, 0.25) is 0 Å². The predicted molar refractivity (Wildman–Crippen MR) is 61.1 cm³/mol. The summed E-state index contributed by atoms with van der Waals surface area (Å²) >= 11 is 4.88. The Morgan fingerprint density at radius 3 is 2.86 bits per heavy atom. The third kappa shape index (κ3) is 2.94. The van der Waals surface area contributed by atoms with Crippen molar-refractivity contribution in [3.63, 3.8) is 0 Å². The van der Waals surface area contributed by atoms with Gasteiger partial charge in [0.15, 0.2) is 0 Å². The molecule has 1 aromatic rings. The molecule has 5 heteroatoms. The van der Waals surface area contributed by atoms with Gasteiger partial charge in [0.05, 0.1) is 16.5 Å². The lowest BCUT2D eigenvalue weighted by molar-refractivity contribution is -0.136. The monoisotopic (exact) mass is 275 g/mol. The molecular formula is C9H10BrNO2S. The highest BCUT2D eigenvalue weighted by atomic mass is 79.9. The molecule has 0 aliphatic carbocycles. The minimum absolute atomic E-state index is 0.183. The number of hydrogen-bond acceptors (Lipinski definition) is 4. The Morgan fingerprint density at radius 2 is 2.43 bits per heavy atom. The lowest BCUT2D eigenvalue weighted by atomic mass is 10.2. The molecule has 0 atom stereocenters. The van der Waals surface area contributed by atoms with E-state index in [9.17, 15) is 4.79 Å². The molecule has 2 N–H and O–H groups in total. The number of carbonyl (C=O) groups excluding carboxylic acids is 1. The molecule has 1 heterocycles. The summed E-state index contributed by atoms with van der Waals surface area (Å²) in [6.45, 7) is 0.183. The first-order valence-corrected chi connectivity index (χ1v) is 5.52. The van der Waals surface area contributed by atoms with Crippen molar-refractivity contribution >= 4 is 39.3 Å². The molecule has 1 aromatic heterocycles. The van der Waals surface area contributed by atoms with Crippen LogP contribution in [0, 0.1) is 0 Å². The van der Waals surface area contributed by atoms with Gasteiger partial charge in [-0.2, -0.15) is 0 Å². The Morgan fingerprint density at radius 1 is 1.71 bits per heavy atom. The number of carbonyl (C=O) groups is 1. The summed E-state index contributed by atoms with van der Waals surface area (Å²) < 4.78 is 5.61. The van der Waals surface area contributed by atoms with Gasteiger partial charge in [-0.05, 0) is 34.1 Å². The average molecular weight is 276 g/mol. The van der Waals surface area contributed by atoms with Gasteiger partial charge in [0.1, 0.15) is 0 Å². The summed E-state index contributed by atoms with van der Waals surface area (Å²) in [6, 6.07) is 3.83. The molecule has 3 nitrogen and oxygen atoms in total. The van der Waals surface area contributed by atoms with Crippen molar-refractivity contribution in [2.75, 3.05) is 13.7 Å². The fourth-order valence-corrected chi connectivity index (χ4v) is 2.30. The van der Waals surface area contributed by atoms with Crippen LogP contribution in [0.5, 0.6) is 0 Å². The molecule has 0 fully saturated rings. The van der Waals surface area contributed by atoms with Crippen LogP contribution in [0.25, 0.3) is 6.08 Å². The van der Waals surface area contributed by atoms with E-state index in [1.807, 2.05) is 12.1 Å². The van der Waals surface area contributed by atoms with E-state index in [4.69, 9.17) is 5.73 Å². The first kappa shape index (κ1) is 11.4. The zero-order valence-corrected chi connectivity index (χ0v) is 10.0. The SMILES string of the molecule is COC(=O)C(=Cc1ccc(Br)s1)CN. The van der Waals surface area contributed by atoms with Gasteiger partial charge in [-0.15, -0.1) is 11.3 Å². The zero-order chi connectivity index (χ0) is 10.6. The maximum atomic E-state index is 11.2. The van der Waals surface area contributed by atoms with Gasteiger partial charge in [0.2, 0.25) is 0 Å². The summed E-state index contributed by atoms with van der Waals surface area (Å²) in [6.07, 6.45) is 1.74. The number of ether oxygens (including phenoxy) is 1. The van der Waals surface area contributed by atoms with Crippen molar-refractivity contribution in [1.82, 2.24) is 0 Å². The number of nitrogens with two attached hydrogens (primary N) is 1. The molecule has 0 aromatic carbocycles. The van der Waals surface area contributed by atoms with E-state index < -0.39 is 0 Å². The number of methoxy groups -OCH3 is 1. The van der Waals surface area contributed by atoms with Crippen LogP contribution in [0.1, 0.15) is 4.88 Å². The molecule has 0 saturated carbocycles. The second-order valence-corrected chi connectivity index (χ2v) is 5.00. The van der Waals surface area contributed by atoms with Crippen LogP contribution < -0.4 is 5.73 Å². The van der Waals surface area contributed by atoms with Gasteiger partial charge in [-0.3, -0.25) is 0 Å². The lowest BCUT2D eigenvalue weighted by Gasteiger charge is -2.00. The Labute approximate surface area is 94.7 Å². The minimum atomic E-state index is -0.378. The van der Waals surface area contributed by atoms with Crippen molar-refractivity contribution in [3.05, 3.63) is 26.4 Å². The van der Waals surface area contributed by atoms with Crippen molar-refractivity contribution in [3.8, 4) is 0 Å². The number of hydrogen-bond donors (Lipinski definition) is 1. The van der Waals surface area contributed by atoms with Crippen molar-refractivity contribution in [1.29, 1.82) is 0 Å². The maximum Gasteiger partial charge on any atom is 0.335 e. The summed E-state index contributed by atoms with van der Waals surface area (Å²) in [7, 11) is 1.34. The van der Waals surface area contributed by atoms with E-state index in [0.29, 0.717) is 5.57 Å². The summed E-state index contributed by atoms with van der Waals surface area (Å²) in [4.78, 5) is 12.2. The summed E-state index contributed by atoms with van der Waals surface area (Å²) in [5.74, 6) is -0.378. The number of rotatable bonds is 3. The highest BCUT2D eigenvalue weighted by molar-refractivity contribution is 9.11. The second-order valence-electron chi connectivity index (χ2n) is 2.51. The van der Waals surface area contributed by atoms with E-state index in [0.717, 1.165) is 8.66 Å². The molecule has 0 aliphatic heterocycles. The van der Waals surface area contributed by atoms with E-state index in [-0.39, 0.29) is 12.5 Å². The third-order valence-corrected chi connectivity index (χ3v) is 3.15. The van der Waals surface area contributed by atoms with Gasteiger partial charge in [-0.25, -0.2) is 4.79 Å². The Balaban J connectivity index is 2.88. The molecule has 14 heavy (non-hydrogen) atoms. The quantitative estimate of drug-likeness (QED) is 0.679. The second kappa shape index (κ2) is 5.29. The van der Waals surface area contributed by atoms with Gasteiger partial charge in [-0.1, -0.05) is 0 Å². The standard InChI is InChI=1S/C9H10BrNO2S/c1-13-9(12)6(5-11)4-7-2-3-8(10)14-7/h2-4H,5,11H2,1H3. The van der Waals surface area contributed by atoms with E-state index >= 15 is 0 Å². The molecular weight excluding hydrogens is 266 g/mol. The van der Waals surface area contributed by atoms with Crippen LogP contribution in [0.3, 0.4) is 0 Å². The fourth-order valence-electron chi connectivity index (χ4n) is 0.910. The van der Waals surface area contributed by atoms with Crippen LogP contribution in [0.4, 0.5) is 0 Å². The molecule has 0 aliphatic rings. The molecule has 0 saturated heterocycles.